The SMILES string of the molecule is Cc1cc(-c2nc(Br)no2)ccn1. The summed E-state index contributed by atoms with van der Waals surface area (Å²) in [6, 6.07) is 3.72. The zero-order valence-electron chi connectivity index (χ0n) is 6.86. The highest BCUT2D eigenvalue weighted by molar-refractivity contribution is 9.10. The van der Waals surface area contributed by atoms with Crippen molar-refractivity contribution in [2.24, 2.45) is 0 Å². The molecule has 0 atom stereocenters. The van der Waals surface area contributed by atoms with Crippen molar-refractivity contribution in [1.29, 1.82) is 0 Å². The van der Waals surface area contributed by atoms with Crippen LogP contribution in [0.3, 0.4) is 0 Å². The zero-order valence-corrected chi connectivity index (χ0v) is 8.45. The molecule has 0 unspecified atom stereocenters. The minimum absolute atomic E-state index is 0.456. The van der Waals surface area contributed by atoms with Crippen LogP contribution in [0.25, 0.3) is 11.5 Å². The van der Waals surface area contributed by atoms with Gasteiger partial charge in [0.25, 0.3) is 5.89 Å². The summed E-state index contributed by atoms with van der Waals surface area (Å²) in [5, 5.41) is 3.63. The van der Waals surface area contributed by atoms with E-state index in [0.29, 0.717) is 10.6 Å². The number of aromatic nitrogens is 3. The number of nitrogens with zero attached hydrogens (tertiary/aromatic N) is 3. The molecule has 0 aliphatic rings. The molecule has 0 spiro atoms. The van der Waals surface area contributed by atoms with E-state index in [9.17, 15) is 0 Å². The van der Waals surface area contributed by atoms with E-state index in [2.05, 4.69) is 31.1 Å². The zero-order chi connectivity index (χ0) is 9.26. The van der Waals surface area contributed by atoms with Crippen molar-refractivity contribution < 1.29 is 4.52 Å². The highest BCUT2D eigenvalue weighted by Gasteiger charge is 2.06. The molecular weight excluding hydrogens is 234 g/mol. The van der Waals surface area contributed by atoms with E-state index in [0.717, 1.165) is 11.3 Å². The predicted molar refractivity (Wildman–Crippen MR) is 50.0 cm³/mol. The van der Waals surface area contributed by atoms with Gasteiger partial charge in [-0.25, -0.2) is 0 Å². The molecule has 4 nitrogen and oxygen atoms in total. The van der Waals surface area contributed by atoms with Crippen LogP contribution in [0.5, 0.6) is 0 Å². The Morgan fingerprint density at radius 1 is 1.46 bits per heavy atom. The van der Waals surface area contributed by atoms with Gasteiger partial charge < -0.3 is 4.52 Å². The summed E-state index contributed by atoms with van der Waals surface area (Å²) < 4.78 is 5.43. The lowest BCUT2D eigenvalue weighted by Gasteiger charge is -1.93. The van der Waals surface area contributed by atoms with Crippen LogP contribution in [0.4, 0.5) is 0 Å². The van der Waals surface area contributed by atoms with Crippen molar-refractivity contribution in [3.8, 4) is 11.5 Å². The molecular formula is C8H6BrN3O. The van der Waals surface area contributed by atoms with Crippen LogP contribution in [0.15, 0.2) is 27.6 Å². The van der Waals surface area contributed by atoms with Crippen LogP contribution in [0, 0.1) is 6.92 Å². The Hall–Kier alpha value is -1.23. The Morgan fingerprint density at radius 2 is 2.31 bits per heavy atom. The van der Waals surface area contributed by atoms with Crippen LogP contribution >= 0.6 is 15.9 Å². The van der Waals surface area contributed by atoms with Gasteiger partial charge in [0.2, 0.25) is 4.73 Å². The maximum atomic E-state index is 4.97. The molecule has 0 aromatic carbocycles. The molecule has 0 bridgehead atoms. The third kappa shape index (κ3) is 1.75. The average Bonchev–Trinajstić information content (AvgIpc) is 2.52. The Bertz CT molecular complexity index is 427. The molecule has 13 heavy (non-hydrogen) atoms. The van der Waals surface area contributed by atoms with E-state index in [4.69, 9.17) is 4.52 Å². The standard InChI is InChI=1S/C8H6BrN3O/c1-5-4-6(2-3-10-5)7-11-8(9)12-13-7/h2-4H,1H3. The molecule has 0 saturated carbocycles. The third-order valence-electron chi connectivity index (χ3n) is 1.54. The summed E-state index contributed by atoms with van der Waals surface area (Å²) in [5.74, 6) is 0.498. The van der Waals surface area contributed by atoms with Gasteiger partial charge in [0.05, 0.1) is 0 Å². The third-order valence-corrected chi connectivity index (χ3v) is 1.87. The van der Waals surface area contributed by atoms with E-state index in [-0.39, 0.29) is 0 Å². The number of hydrogen-bond donors (Lipinski definition) is 0. The van der Waals surface area contributed by atoms with Gasteiger partial charge in [-0.15, -0.1) is 0 Å². The maximum absolute atomic E-state index is 4.97. The lowest BCUT2D eigenvalue weighted by atomic mass is 10.2. The fourth-order valence-corrected chi connectivity index (χ4v) is 1.23. The van der Waals surface area contributed by atoms with Gasteiger partial charge in [0, 0.05) is 17.5 Å². The average molecular weight is 240 g/mol. The van der Waals surface area contributed by atoms with Crippen molar-refractivity contribution >= 4 is 15.9 Å². The minimum Gasteiger partial charge on any atom is -0.333 e. The molecule has 2 aromatic rings. The van der Waals surface area contributed by atoms with Gasteiger partial charge >= 0.3 is 0 Å². The van der Waals surface area contributed by atoms with Crippen molar-refractivity contribution in [2.45, 2.75) is 6.92 Å². The lowest BCUT2D eigenvalue weighted by Crippen LogP contribution is -1.82. The summed E-state index contributed by atoms with van der Waals surface area (Å²) >= 11 is 3.12. The topological polar surface area (TPSA) is 51.8 Å². The summed E-state index contributed by atoms with van der Waals surface area (Å²) in [6.07, 6.45) is 1.71. The first kappa shape index (κ1) is 8.37. The van der Waals surface area contributed by atoms with Crippen LogP contribution in [0.2, 0.25) is 0 Å². The van der Waals surface area contributed by atoms with E-state index in [1.165, 1.54) is 0 Å². The van der Waals surface area contributed by atoms with Crippen LogP contribution in [0.1, 0.15) is 5.69 Å². The largest absolute Gasteiger partial charge is 0.333 e. The quantitative estimate of drug-likeness (QED) is 0.766. The van der Waals surface area contributed by atoms with E-state index in [1.807, 2.05) is 19.1 Å². The normalized spacial score (nSPS) is 10.3. The van der Waals surface area contributed by atoms with Crippen LogP contribution < -0.4 is 0 Å². The molecule has 0 N–H and O–H groups in total. The van der Waals surface area contributed by atoms with Gasteiger partial charge in [0.1, 0.15) is 0 Å². The van der Waals surface area contributed by atoms with Gasteiger partial charge in [-0.05, 0) is 40.1 Å². The summed E-state index contributed by atoms with van der Waals surface area (Å²) in [6.45, 7) is 1.91. The Morgan fingerprint density at radius 3 is 2.92 bits per heavy atom. The molecule has 2 rings (SSSR count). The van der Waals surface area contributed by atoms with Gasteiger partial charge in [-0.1, -0.05) is 0 Å². The number of aryl methyl sites for hydroxylation is 1. The van der Waals surface area contributed by atoms with Crippen molar-refractivity contribution in [2.75, 3.05) is 0 Å². The van der Waals surface area contributed by atoms with Crippen molar-refractivity contribution in [1.82, 2.24) is 15.1 Å². The molecule has 66 valence electrons. The van der Waals surface area contributed by atoms with E-state index in [1.54, 1.807) is 6.20 Å². The number of halogens is 1. The number of pyridine rings is 1. The van der Waals surface area contributed by atoms with Crippen LogP contribution in [-0.2, 0) is 0 Å². The van der Waals surface area contributed by atoms with Gasteiger partial charge in [-0.2, -0.15) is 4.98 Å². The highest BCUT2D eigenvalue weighted by Crippen LogP contribution is 2.18. The lowest BCUT2D eigenvalue weighted by molar-refractivity contribution is 0.426. The summed E-state index contributed by atoms with van der Waals surface area (Å²) in [4.78, 5) is 8.10. The second kappa shape index (κ2) is 3.26. The second-order valence-electron chi connectivity index (χ2n) is 2.55. The molecule has 0 aliphatic carbocycles. The van der Waals surface area contributed by atoms with Gasteiger partial charge in [0.15, 0.2) is 0 Å². The number of rotatable bonds is 1. The van der Waals surface area contributed by atoms with Crippen molar-refractivity contribution in [3.05, 3.63) is 28.8 Å². The molecule has 0 fully saturated rings. The van der Waals surface area contributed by atoms with Crippen LogP contribution in [-0.4, -0.2) is 15.1 Å². The minimum atomic E-state index is 0.456. The smallest absolute Gasteiger partial charge is 0.258 e. The fourth-order valence-electron chi connectivity index (χ4n) is 1.00. The first-order chi connectivity index (χ1) is 6.25. The Kier molecular flexibility index (Phi) is 2.10. The molecule has 0 amide bonds. The maximum Gasteiger partial charge on any atom is 0.258 e. The number of hydrogen-bond acceptors (Lipinski definition) is 4. The first-order valence-electron chi connectivity index (χ1n) is 3.68. The Balaban J connectivity index is 2.46. The summed E-state index contributed by atoms with van der Waals surface area (Å²) in [7, 11) is 0. The predicted octanol–water partition coefficient (Wildman–Crippen LogP) is 2.20. The fraction of sp³-hybridized carbons (Fsp3) is 0.125. The first-order valence-corrected chi connectivity index (χ1v) is 4.47. The highest BCUT2D eigenvalue weighted by atomic mass is 79.9. The molecule has 5 heteroatoms. The molecule has 0 aliphatic heterocycles. The van der Waals surface area contributed by atoms with E-state index < -0.39 is 0 Å². The molecule has 2 aromatic heterocycles. The second-order valence-corrected chi connectivity index (χ2v) is 3.26. The van der Waals surface area contributed by atoms with E-state index >= 15 is 0 Å². The Labute approximate surface area is 83.1 Å². The summed E-state index contributed by atoms with van der Waals surface area (Å²) in [5.41, 5.74) is 1.80. The molecule has 0 radical (unpaired) electrons. The monoisotopic (exact) mass is 239 g/mol. The van der Waals surface area contributed by atoms with Crippen molar-refractivity contribution in [3.63, 3.8) is 0 Å². The molecule has 0 saturated heterocycles. The molecule has 2 heterocycles. The van der Waals surface area contributed by atoms with Gasteiger partial charge in [-0.3, -0.25) is 4.98 Å².